The van der Waals surface area contributed by atoms with Gasteiger partial charge in [0.05, 0.1) is 0 Å². The Hall–Kier alpha value is -3.06. The van der Waals surface area contributed by atoms with Crippen molar-refractivity contribution < 1.29 is 4.42 Å². The fraction of sp³-hybridized carbons (Fsp3) is 0. The average molecular weight is 294 g/mol. The van der Waals surface area contributed by atoms with Gasteiger partial charge in [0.2, 0.25) is 0 Å². The lowest BCUT2D eigenvalue weighted by atomic mass is 9.97. The van der Waals surface area contributed by atoms with Crippen LogP contribution in [0.3, 0.4) is 0 Å². The summed E-state index contributed by atoms with van der Waals surface area (Å²) in [5, 5.41) is 8.73. The van der Waals surface area contributed by atoms with E-state index in [1.54, 1.807) is 6.08 Å². The second-order valence-electron chi connectivity index (χ2n) is 5.91. The molecule has 1 nitrogen and oxygen atoms in total. The van der Waals surface area contributed by atoms with Crippen LogP contribution >= 0.6 is 0 Å². The molecule has 0 atom stereocenters. The Morgan fingerprint density at radius 1 is 0.652 bits per heavy atom. The summed E-state index contributed by atoms with van der Waals surface area (Å²) >= 11 is 0. The van der Waals surface area contributed by atoms with E-state index < -0.39 is 0 Å². The second kappa shape index (κ2) is 4.47. The Kier molecular flexibility index (Phi) is 2.42. The lowest BCUT2D eigenvalue weighted by Gasteiger charge is -2.07. The van der Waals surface area contributed by atoms with Crippen LogP contribution in [0.15, 0.2) is 77.7 Å². The van der Waals surface area contributed by atoms with E-state index in [4.69, 9.17) is 4.42 Å². The van der Waals surface area contributed by atoms with E-state index in [1.807, 2.05) is 0 Å². The van der Waals surface area contributed by atoms with Crippen LogP contribution in [0.4, 0.5) is 0 Å². The molecule has 0 N–H and O–H groups in total. The Morgan fingerprint density at radius 3 is 2.22 bits per heavy atom. The number of furan rings is 1. The van der Waals surface area contributed by atoms with Crippen molar-refractivity contribution in [2.45, 2.75) is 0 Å². The van der Waals surface area contributed by atoms with E-state index >= 15 is 0 Å². The third-order valence-corrected chi connectivity index (χ3v) is 4.60. The van der Waals surface area contributed by atoms with E-state index in [1.165, 1.54) is 32.3 Å². The minimum Gasteiger partial charge on any atom is -0.457 e. The van der Waals surface area contributed by atoms with Crippen LogP contribution in [0.2, 0.25) is 0 Å². The van der Waals surface area contributed by atoms with Crippen LogP contribution in [0.25, 0.3) is 49.4 Å². The first-order chi connectivity index (χ1) is 11.3. The number of rotatable bonds is 1. The van der Waals surface area contributed by atoms with Crippen LogP contribution in [-0.2, 0) is 0 Å². The molecule has 4 aromatic carbocycles. The summed E-state index contributed by atoms with van der Waals surface area (Å²) in [5.74, 6) is 0.811. The Labute approximate surface area is 133 Å². The van der Waals surface area contributed by atoms with Crippen LogP contribution in [0.1, 0.15) is 5.76 Å². The van der Waals surface area contributed by atoms with Gasteiger partial charge in [-0.05, 0) is 62.7 Å². The highest BCUT2D eigenvalue weighted by Gasteiger charge is 2.09. The Bertz CT molecular complexity index is 1220. The molecule has 0 bridgehead atoms. The highest BCUT2D eigenvalue weighted by molar-refractivity contribution is 6.18. The van der Waals surface area contributed by atoms with Crippen LogP contribution in [0, 0.1) is 0 Å². The molecule has 0 saturated carbocycles. The summed E-state index contributed by atoms with van der Waals surface area (Å²) in [6.07, 6.45) is 1.75. The van der Waals surface area contributed by atoms with Gasteiger partial charge in [-0.1, -0.05) is 49.0 Å². The van der Waals surface area contributed by atoms with Crippen molar-refractivity contribution in [3.05, 3.63) is 79.1 Å². The summed E-state index contributed by atoms with van der Waals surface area (Å²) in [5.41, 5.74) is 0.910. The summed E-state index contributed by atoms with van der Waals surface area (Å²) in [4.78, 5) is 0. The van der Waals surface area contributed by atoms with Crippen molar-refractivity contribution >= 4 is 49.4 Å². The summed E-state index contributed by atoms with van der Waals surface area (Å²) in [7, 11) is 0. The largest absolute Gasteiger partial charge is 0.457 e. The maximum absolute atomic E-state index is 5.79. The highest BCUT2D eigenvalue weighted by atomic mass is 16.3. The molecule has 1 aromatic heterocycles. The van der Waals surface area contributed by atoms with Gasteiger partial charge in [0.25, 0.3) is 0 Å². The summed E-state index contributed by atoms with van der Waals surface area (Å²) in [6.45, 7) is 3.80. The zero-order valence-electron chi connectivity index (χ0n) is 12.5. The molecule has 5 aromatic rings. The van der Waals surface area contributed by atoms with Gasteiger partial charge in [0.1, 0.15) is 11.3 Å². The van der Waals surface area contributed by atoms with Crippen LogP contribution in [0.5, 0.6) is 0 Å². The highest BCUT2D eigenvalue weighted by Crippen LogP contribution is 2.34. The quantitative estimate of drug-likeness (QED) is 0.253. The van der Waals surface area contributed by atoms with Gasteiger partial charge in [-0.3, -0.25) is 0 Å². The van der Waals surface area contributed by atoms with Gasteiger partial charge < -0.3 is 4.42 Å². The van der Waals surface area contributed by atoms with Gasteiger partial charge in [0, 0.05) is 5.39 Å². The van der Waals surface area contributed by atoms with E-state index in [9.17, 15) is 0 Å². The van der Waals surface area contributed by atoms with Crippen LogP contribution < -0.4 is 0 Å². The summed E-state index contributed by atoms with van der Waals surface area (Å²) < 4.78 is 5.79. The molecule has 0 radical (unpaired) electrons. The molecule has 1 heteroatoms. The van der Waals surface area contributed by atoms with Gasteiger partial charge in [-0.2, -0.15) is 0 Å². The van der Waals surface area contributed by atoms with Crippen molar-refractivity contribution in [1.82, 2.24) is 0 Å². The first-order valence-electron chi connectivity index (χ1n) is 7.74. The third-order valence-electron chi connectivity index (χ3n) is 4.60. The van der Waals surface area contributed by atoms with E-state index in [2.05, 4.69) is 73.3 Å². The van der Waals surface area contributed by atoms with Crippen molar-refractivity contribution in [1.29, 1.82) is 0 Å². The lowest BCUT2D eigenvalue weighted by Crippen LogP contribution is -1.80. The number of hydrogen-bond acceptors (Lipinski definition) is 1. The summed E-state index contributed by atoms with van der Waals surface area (Å²) in [6, 6.07) is 23.7. The molecule has 1 heterocycles. The van der Waals surface area contributed by atoms with Crippen molar-refractivity contribution in [3.8, 4) is 0 Å². The minimum atomic E-state index is 0.811. The molecule has 0 unspecified atom stereocenters. The fourth-order valence-electron chi connectivity index (χ4n) is 3.47. The topological polar surface area (TPSA) is 13.1 Å². The maximum Gasteiger partial charge on any atom is 0.135 e. The predicted molar refractivity (Wildman–Crippen MR) is 98.8 cm³/mol. The van der Waals surface area contributed by atoms with Crippen molar-refractivity contribution in [3.63, 3.8) is 0 Å². The fourth-order valence-corrected chi connectivity index (χ4v) is 3.47. The molecule has 0 aliphatic carbocycles. The molecule has 0 aliphatic heterocycles. The van der Waals surface area contributed by atoms with Gasteiger partial charge in [0.15, 0.2) is 0 Å². The molecule has 23 heavy (non-hydrogen) atoms. The minimum absolute atomic E-state index is 0.811. The van der Waals surface area contributed by atoms with E-state index in [0.717, 1.165) is 16.7 Å². The Balaban J connectivity index is 1.98. The first kappa shape index (κ1) is 12.5. The molecule has 0 saturated heterocycles. The second-order valence-corrected chi connectivity index (χ2v) is 5.91. The van der Waals surface area contributed by atoms with Gasteiger partial charge >= 0.3 is 0 Å². The maximum atomic E-state index is 5.79. The SMILES string of the molecule is C=Cc1cc2c(ccc3c4cc5ccccc5cc4ccc23)o1. The predicted octanol–water partition coefficient (Wildman–Crippen LogP) is 6.54. The first-order valence-corrected chi connectivity index (χ1v) is 7.74. The van der Waals surface area contributed by atoms with Gasteiger partial charge in [-0.15, -0.1) is 0 Å². The standard InChI is InChI=1S/C22H14O/c1-2-17-13-21-19-8-7-16-11-14-5-3-4-6-15(14)12-20(16)18(19)9-10-22(21)23-17/h2-13H,1H2. The Morgan fingerprint density at radius 2 is 1.39 bits per heavy atom. The molecule has 0 fully saturated rings. The number of fused-ring (bicyclic) bond motifs is 6. The monoisotopic (exact) mass is 294 g/mol. The van der Waals surface area contributed by atoms with Crippen molar-refractivity contribution in [2.24, 2.45) is 0 Å². The molecular formula is C22H14O. The molecule has 0 spiro atoms. The average Bonchev–Trinajstić information content (AvgIpc) is 3.03. The number of benzene rings is 4. The molecule has 0 aliphatic rings. The smallest absolute Gasteiger partial charge is 0.135 e. The third kappa shape index (κ3) is 1.74. The van der Waals surface area contributed by atoms with Gasteiger partial charge in [-0.25, -0.2) is 0 Å². The molecular weight excluding hydrogens is 280 g/mol. The zero-order chi connectivity index (χ0) is 15.4. The molecule has 108 valence electrons. The molecule has 5 rings (SSSR count). The van der Waals surface area contributed by atoms with E-state index in [0.29, 0.717) is 0 Å². The lowest BCUT2D eigenvalue weighted by molar-refractivity contribution is 0.604. The normalized spacial score (nSPS) is 11.7. The zero-order valence-corrected chi connectivity index (χ0v) is 12.5. The van der Waals surface area contributed by atoms with Crippen LogP contribution in [-0.4, -0.2) is 0 Å². The molecule has 0 amide bonds. The van der Waals surface area contributed by atoms with Crippen molar-refractivity contribution in [2.75, 3.05) is 0 Å². The van der Waals surface area contributed by atoms with E-state index in [-0.39, 0.29) is 0 Å². The number of hydrogen-bond donors (Lipinski definition) is 0.